The molecular weight excluding hydrogens is 707 g/mol. The van der Waals surface area contributed by atoms with E-state index in [9.17, 15) is 23.6 Å². The van der Waals surface area contributed by atoms with Crippen molar-refractivity contribution in [2.75, 3.05) is 18.8 Å². The van der Waals surface area contributed by atoms with E-state index in [4.69, 9.17) is 33.7 Å². The maximum Gasteiger partial charge on any atom is 0.265 e. The average Bonchev–Trinajstić information content (AvgIpc) is 3.68. The van der Waals surface area contributed by atoms with Crippen molar-refractivity contribution in [3.8, 4) is 16.9 Å². The van der Waals surface area contributed by atoms with Gasteiger partial charge < -0.3 is 10.5 Å². The molecule has 0 saturated carbocycles. The Hall–Kier alpha value is -4.92. The second-order valence-electron chi connectivity index (χ2n) is 12.8. The van der Waals surface area contributed by atoms with E-state index in [0.717, 1.165) is 23.3 Å². The van der Waals surface area contributed by atoms with Gasteiger partial charge in [-0.05, 0) is 62.1 Å². The summed E-state index contributed by atoms with van der Waals surface area (Å²) in [6.07, 6.45) is 5.98. The number of anilines is 1. The van der Waals surface area contributed by atoms with Crippen molar-refractivity contribution >= 4 is 52.6 Å². The number of aromatic nitrogens is 3. The van der Waals surface area contributed by atoms with Crippen molar-refractivity contribution in [2.24, 2.45) is 0 Å². The molecule has 2 unspecified atom stereocenters. The smallest absolute Gasteiger partial charge is 0.265 e. The summed E-state index contributed by atoms with van der Waals surface area (Å²) in [4.78, 5) is 57.3. The first-order valence-corrected chi connectivity index (χ1v) is 17.0. The maximum atomic E-state index is 15.3. The highest BCUT2D eigenvalue weighted by atomic mass is 35.5. The number of halogens is 4. The van der Waals surface area contributed by atoms with Crippen LogP contribution in [-0.2, 0) is 16.1 Å². The van der Waals surface area contributed by atoms with Crippen molar-refractivity contribution in [3.05, 3.63) is 92.9 Å². The molecule has 0 radical (unpaired) electrons. The van der Waals surface area contributed by atoms with Gasteiger partial charge in [0.05, 0.1) is 28.4 Å². The quantitative estimate of drug-likeness (QED) is 0.177. The van der Waals surface area contributed by atoms with Gasteiger partial charge in [0.1, 0.15) is 23.8 Å². The van der Waals surface area contributed by atoms with Crippen LogP contribution in [0, 0.1) is 11.6 Å². The fourth-order valence-electron chi connectivity index (χ4n) is 6.85. The molecule has 3 N–H and O–H groups in total. The molecule has 3 aliphatic heterocycles. The van der Waals surface area contributed by atoms with Crippen LogP contribution in [0.3, 0.4) is 0 Å². The van der Waals surface area contributed by atoms with Gasteiger partial charge in [0.2, 0.25) is 11.8 Å². The molecule has 2 atom stereocenters. The zero-order valence-corrected chi connectivity index (χ0v) is 28.7. The predicted molar refractivity (Wildman–Crippen MR) is 182 cm³/mol. The van der Waals surface area contributed by atoms with Gasteiger partial charge in [-0.2, -0.15) is 5.10 Å². The van der Waals surface area contributed by atoms with Crippen molar-refractivity contribution in [1.82, 2.24) is 29.9 Å². The molecule has 4 amide bonds. The lowest BCUT2D eigenvalue weighted by Crippen LogP contribution is -2.54. The van der Waals surface area contributed by atoms with Gasteiger partial charge in [-0.25, -0.2) is 13.8 Å². The zero-order valence-electron chi connectivity index (χ0n) is 27.2. The average molecular weight is 739 g/mol. The van der Waals surface area contributed by atoms with Crippen molar-refractivity contribution in [2.45, 2.75) is 57.3 Å². The lowest BCUT2D eigenvalue weighted by atomic mass is 10.0. The number of nitrogen functional groups attached to an aromatic ring is 1. The van der Waals surface area contributed by atoms with Gasteiger partial charge in [-0.1, -0.05) is 23.2 Å². The number of nitrogens with zero attached hydrogens (tertiary/aromatic N) is 5. The normalized spacial score (nSPS) is 19.0. The zero-order chi connectivity index (χ0) is 36.1. The Balaban J connectivity index is 0.991. The number of pyridine rings is 1. The van der Waals surface area contributed by atoms with Crippen LogP contribution < -0.4 is 15.8 Å². The van der Waals surface area contributed by atoms with Crippen molar-refractivity contribution in [3.63, 3.8) is 0 Å². The van der Waals surface area contributed by atoms with E-state index in [1.54, 1.807) is 25.4 Å². The molecule has 0 bridgehead atoms. The third-order valence-electron chi connectivity index (χ3n) is 9.50. The van der Waals surface area contributed by atoms with Gasteiger partial charge >= 0.3 is 0 Å². The lowest BCUT2D eigenvalue weighted by molar-refractivity contribution is -0.136. The van der Waals surface area contributed by atoms with Gasteiger partial charge in [-0.15, -0.1) is 0 Å². The molecule has 2 aromatic heterocycles. The fourth-order valence-corrected chi connectivity index (χ4v) is 7.53. The highest BCUT2D eigenvalue weighted by molar-refractivity contribution is 6.36. The summed E-state index contributed by atoms with van der Waals surface area (Å²) in [5.41, 5.74) is 7.97. The summed E-state index contributed by atoms with van der Waals surface area (Å²) in [5.74, 6) is -3.88. The minimum absolute atomic E-state index is 0.00759. The van der Waals surface area contributed by atoms with E-state index in [2.05, 4.69) is 20.3 Å². The summed E-state index contributed by atoms with van der Waals surface area (Å²) in [7, 11) is 0. The number of rotatable bonds is 8. The molecule has 3 aliphatic rings. The van der Waals surface area contributed by atoms with Gasteiger partial charge in [0.15, 0.2) is 11.6 Å². The van der Waals surface area contributed by atoms with Gasteiger partial charge in [0.25, 0.3) is 11.8 Å². The number of piperidine rings is 2. The molecule has 7 rings (SSSR count). The summed E-state index contributed by atoms with van der Waals surface area (Å²) < 4.78 is 37.3. The molecule has 12 nitrogen and oxygen atoms in total. The van der Waals surface area contributed by atoms with Crippen LogP contribution in [0.5, 0.6) is 5.75 Å². The number of carbonyl (C=O) groups is 4. The van der Waals surface area contributed by atoms with E-state index in [1.807, 2.05) is 10.9 Å². The molecule has 2 aromatic carbocycles. The largest absolute Gasteiger partial charge is 0.482 e. The number of ether oxygens (including phenoxy) is 1. The van der Waals surface area contributed by atoms with Crippen molar-refractivity contribution in [1.29, 1.82) is 0 Å². The number of imide groups is 2. The van der Waals surface area contributed by atoms with Crippen LogP contribution in [0.4, 0.5) is 14.6 Å². The molecule has 0 spiro atoms. The number of carbonyl (C=O) groups excluding carboxylic acids is 4. The minimum Gasteiger partial charge on any atom is -0.482 e. The van der Waals surface area contributed by atoms with E-state index in [1.165, 1.54) is 24.3 Å². The Morgan fingerprint density at radius 3 is 2.51 bits per heavy atom. The molecule has 264 valence electrons. The van der Waals surface area contributed by atoms with Crippen LogP contribution >= 0.6 is 23.2 Å². The number of benzene rings is 2. The Morgan fingerprint density at radius 1 is 1.00 bits per heavy atom. The molecule has 4 aromatic rings. The highest BCUT2D eigenvalue weighted by Gasteiger charge is 2.46. The Bertz CT molecular complexity index is 2100. The third-order valence-corrected chi connectivity index (χ3v) is 10.2. The molecule has 5 heterocycles. The number of fused-ring (bicyclic) bond motifs is 1. The minimum atomic E-state index is -1.17. The van der Waals surface area contributed by atoms with E-state index in [-0.39, 0.29) is 51.6 Å². The van der Waals surface area contributed by atoms with E-state index in [0.29, 0.717) is 36.3 Å². The van der Waals surface area contributed by atoms with Gasteiger partial charge in [-0.3, -0.25) is 39.0 Å². The predicted octanol–water partition coefficient (Wildman–Crippen LogP) is 5.49. The number of amides is 4. The summed E-state index contributed by atoms with van der Waals surface area (Å²) in [6.45, 7) is 3.37. The fraction of sp³-hybridized carbons (Fsp3) is 0.314. The number of nitrogens with two attached hydrogens (primary N) is 1. The second-order valence-corrected chi connectivity index (χ2v) is 13.6. The standard InChI is InChI=1S/C35H31Cl2F2N7O5/c1-17(29-23(36)2-3-24(38)31(29)37)51-27-12-19(13-41-32(27)40)20-14-42-45(16-20)21-6-8-44(9-7-21)15-18-10-22-30(25(39)11-18)35(50)46(34(22)49)26-4-5-28(47)43-33(26)48/h2-3,10-14,16-17,21,26H,4-9,15H2,1H3,(H2,40,41)(H,43,47,48). The number of hydrogen-bond donors (Lipinski definition) is 2. The third kappa shape index (κ3) is 6.54. The Labute approximate surface area is 300 Å². The summed E-state index contributed by atoms with van der Waals surface area (Å²) in [6, 6.07) is 6.00. The Morgan fingerprint density at radius 2 is 1.76 bits per heavy atom. The van der Waals surface area contributed by atoms with Crippen LogP contribution in [0.1, 0.15) is 76.6 Å². The molecule has 2 saturated heterocycles. The SMILES string of the molecule is CC(Oc1cc(-c2cnn(C3CCN(Cc4cc(F)c5c(c4)C(=O)N(C4CCC(=O)NC4=O)C5=O)CC3)c2)cnc1N)c1c(Cl)ccc(F)c1Cl. The number of hydrogen-bond acceptors (Lipinski definition) is 9. The molecule has 16 heteroatoms. The van der Waals surface area contributed by atoms with Gasteiger partial charge in [0, 0.05) is 60.2 Å². The van der Waals surface area contributed by atoms with E-state index >= 15 is 4.39 Å². The van der Waals surface area contributed by atoms with Crippen LogP contribution in [0.15, 0.2) is 48.9 Å². The molecule has 51 heavy (non-hydrogen) atoms. The first kappa shape index (κ1) is 34.5. The molecule has 0 aliphatic carbocycles. The first-order chi connectivity index (χ1) is 24.4. The molecular formula is C35H31Cl2F2N7O5. The van der Waals surface area contributed by atoms with E-state index < -0.39 is 47.4 Å². The Kier molecular flexibility index (Phi) is 9.25. The monoisotopic (exact) mass is 737 g/mol. The first-order valence-electron chi connectivity index (χ1n) is 16.3. The number of likely N-dealkylation sites (tertiary alicyclic amines) is 1. The van der Waals surface area contributed by atoms with Crippen molar-refractivity contribution < 1.29 is 32.7 Å². The topological polar surface area (TPSA) is 153 Å². The lowest BCUT2D eigenvalue weighted by Gasteiger charge is -2.32. The second kappa shape index (κ2) is 13.7. The van der Waals surface area contributed by atoms with Crippen LogP contribution in [-0.4, -0.2) is 67.3 Å². The number of nitrogens with one attached hydrogen (secondary N) is 1. The summed E-state index contributed by atoms with van der Waals surface area (Å²) >= 11 is 12.4. The molecule has 2 fully saturated rings. The van der Waals surface area contributed by atoms with Crippen LogP contribution in [0.25, 0.3) is 11.1 Å². The van der Waals surface area contributed by atoms with Crippen LogP contribution in [0.2, 0.25) is 10.0 Å². The highest BCUT2D eigenvalue weighted by Crippen LogP contribution is 2.37. The summed E-state index contributed by atoms with van der Waals surface area (Å²) in [5, 5.41) is 6.86. The maximum absolute atomic E-state index is 15.3.